The van der Waals surface area contributed by atoms with Crippen molar-refractivity contribution < 1.29 is 5.11 Å². The summed E-state index contributed by atoms with van der Waals surface area (Å²) in [5.41, 5.74) is 0. The molecule has 2 nitrogen and oxygen atoms in total. The Morgan fingerprint density at radius 1 is 1.06 bits per heavy atom. The molecule has 2 unspecified atom stereocenters. The SMILES string of the molecule is CCC1CCCC(N2CCC(CO)CC2)C1. The van der Waals surface area contributed by atoms with Gasteiger partial charge in [-0.25, -0.2) is 0 Å². The van der Waals surface area contributed by atoms with Crippen LogP contribution in [-0.2, 0) is 0 Å². The highest BCUT2D eigenvalue weighted by Gasteiger charge is 2.28. The Morgan fingerprint density at radius 2 is 1.81 bits per heavy atom. The quantitative estimate of drug-likeness (QED) is 0.798. The molecule has 1 aliphatic heterocycles. The van der Waals surface area contributed by atoms with Crippen LogP contribution in [0.5, 0.6) is 0 Å². The number of rotatable bonds is 3. The van der Waals surface area contributed by atoms with E-state index in [1.54, 1.807) is 0 Å². The molecule has 0 aromatic rings. The van der Waals surface area contributed by atoms with Crippen LogP contribution in [-0.4, -0.2) is 35.7 Å². The zero-order valence-corrected chi connectivity index (χ0v) is 10.7. The molecule has 0 spiro atoms. The molecule has 1 saturated carbocycles. The highest BCUT2D eigenvalue weighted by atomic mass is 16.3. The highest BCUT2D eigenvalue weighted by molar-refractivity contribution is 4.83. The van der Waals surface area contributed by atoms with Gasteiger partial charge in [0.05, 0.1) is 0 Å². The molecule has 16 heavy (non-hydrogen) atoms. The Balaban J connectivity index is 1.79. The van der Waals surface area contributed by atoms with E-state index in [2.05, 4.69) is 11.8 Å². The molecule has 0 amide bonds. The standard InChI is InChI=1S/C14H27NO/c1-2-12-4-3-5-14(10-12)15-8-6-13(11-16)7-9-15/h12-14,16H,2-11H2,1H3. The molecular weight excluding hydrogens is 198 g/mol. The van der Waals surface area contributed by atoms with Crippen molar-refractivity contribution in [2.24, 2.45) is 11.8 Å². The first kappa shape index (κ1) is 12.4. The number of aliphatic hydroxyl groups excluding tert-OH is 1. The second-order valence-electron chi connectivity index (χ2n) is 5.76. The molecule has 0 bridgehead atoms. The van der Waals surface area contributed by atoms with Gasteiger partial charge in [-0.05, 0) is 50.6 Å². The van der Waals surface area contributed by atoms with Crippen molar-refractivity contribution >= 4 is 0 Å². The van der Waals surface area contributed by atoms with Gasteiger partial charge in [0.15, 0.2) is 0 Å². The summed E-state index contributed by atoms with van der Waals surface area (Å²) < 4.78 is 0. The smallest absolute Gasteiger partial charge is 0.0460 e. The molecule has 2 aliphatic rings. The normalized spacial score (nSPS) is 34.1. The maximum absolute atomic E-state index is 9.15. The first-order valence-corrected chi connectivity index (χ1v) is 7.18. The van der Waals surface area contributed by atoms with Crippen molar-refractivity contribution in [1.82, 2.24) is 4.90 Å². The summed E-state index contributed by atoms with van der Waals surface area (Å²) in [6.45, 7) is 5.19. The van der Waals surface area contributed by atoms with Gasteiger partial charge in [0, 0.05) is 12.6 Å². The van der Waals surface area contributed by atoms with Crippen LogP contribution in [0.2, 0.25) is 0 Å². The fourth-order valence-corrected chi connectivity index (χ4v) is 3.47. The monoisotopic (exact) mass is 225 g/mol. The first-order valence-electron chi connectivity index (χ1n) is 7.18. The average molecular weight is 225 g/mol. The van der Waals surface area contributed by atoms with E-state index in [1.165, 1.54) is 58.0 Å². The van der Waals surface area contributed by atoms with Crippen LogP contribution in [0.1, 0.15) is 51.9 Å². The van der Waals surface area contributed by atoms with Gasteiger partial charge in [0.1, 0.15) is 0 Å². The number of nitrogens with zero attached hydrogens (tertiary/aromatic N) is 1. The van der Waals surface area contributed by atoms with E-state index in [1.807, 2.05) is 0 Å². The second-order valence-corrected chi connectivity index (χ2v) is 5.76. The van der Waals surface area contributed by atoms with Crippen LogP contribution in [0.4, 0.5) is 0 Å². The van der Waals surface area contributed by atoms with E-state index in [0.717, 1.165) is 12.0 Å². The van der Waals surface area contributed by atoms with Crippen molar-refractivity contribution in [2.75, 3.05) is 19.7 Å². The van der Waals surface area contributed by atoms with E-state index in [4.69, 9.17) is 5.11 Å². The number of hydrogen-bond acceptors (Lipinski definition) is 2. The van der Waals surface area contributed by atoms with Gasteiger partial charge in [-0.15, -0.1) is 0 Å². The summed E-state index contributed by atoms with van der Waals surface area (Å²) in [7, 11) is 0. The topological polar surface area (TPSA) is 23.5 Å². The number of hydrogen-bond donors (Lipinski definition) is 1. The van der Waals surface area contributed by atoms with Crippen molar-refractivity contribution in [3.05, 3.63) is 0 Å². The van der Waals surface area contributed by atoms with E-state index in [-0.39, 0.29) is 0 Å². The highest BCUT2D eigenvalue weighted by Crippen LogP contribution is 2.31. The zero-order valence-electron chi connectivity index (χ0n) is 10.7. The van der Waals surface area contributed by atoms with Crippen LogP contribution >= 0.6 is 0 Å². The minimum Gasteiger partial charge on any atom is -0.396 e. The maximum atomic E-state index is 9.15. The summed E-state index contributed by atoms with van der Waals surface area (Å²) >= 11 is 0. The lowest BCUT2D eigenvalue weighted by molar-refractivity contribution is 0.0712. The lowest BCUT2D eigenvalue weighted by Crippen LogP contribution is -2.44. The predicted molar refractivity (Wildman–Crippen MR) is 67.4 cm³/mol. The van der Waals surface area contributed by atoms with Crippen LogP contribution in [0.3, 0.4) is 0 Å². The van der Waals surface area contributed by atoms with Gasteiger partial charge in [0.2, 0.25) is 0 Å². The first-order chi connectivity index (χ1) is 7.83. The molecule has 2 rings (SSSR count). The van der Waals surface area contributed by atoms with Crippen molar-refractivity contribution in [3.63, 3.8) is 0 Å². The minimum atomic E-state index is 0.399. The predicted octanol–water partition coefficient (Wildman–Crippen LogP) is 2.66. The number of aliphatic hydroxyl groups is 1. The molecule has 2 fully saturated rings. The van der Waals surface area contributed by atoms with Crippen molar-refractivity contribution in [3.8, 4) is 0 Å². The summed E-state index contributed by atoms with van der Waals surface area (Å²) in [5.74, 6) is 1.57. The third kappa shape index (κ3) is 2.98. The van der Waals surface area contributed by atoms with E-state index in [9.17, 15) is 0 Å². The van der Waals surface area contributed by atoms with Crippen LogP contribution in [0.15, 0.2) is 0 Å². The van der Waals surface area contributed by atoms with Crippen LogP contribution in [0, 0.1) is 11.8 Å². The number of likely N-dealkylation sites (tertiary alicyclic amines) is 1. The summed E-state index contributed by atoms with van der Waals surface area (Å²) in [6, 6.07) is 0.860. The molecule has 0 aromatic carbocycles. The summed E-state index contributed by atoms with van der Waals surface area (Å²) in [6.07, 6.45) is 9.53. The molecule has 1 saturated heterocycles. The third-order valence-electron chi connectivity index (χ3n) is 4.76. The van der Waals surface area contributed by atoms with Crippen molar-refractivity contribution in [1.29, 1.82) is 0 Å². The summed E-state index contributed by atoms with van der Waals surface area (Å²) in [5, 5.41) is 9.15. The van der Waals surface area contributed by atoms with Crippen molar-refractivity contribution in [2.45, 2.75) is 57.9 Å². The van der Waals surface area contributed by atoms with E-state index in [0.29, 0.717) is 12.5 Å². The minimum absolute atomic E-state index is 0.399. The van der Waals surface area contributed by atoms with Crippen LogP contribution in [0.25, 0.3) is 0 Å². The zero-order chi connectivity index (χ0) is 11.4. The average Bonchev–Trinajstić information content (AvgIpc) is 2.39. The fourth-order valence-electron chi connectivity index (χ4n) is 3.47. The van der Waals surface area contributed by atoms with Gasteiger partial charge in [0.25, 0.3) is 0 Å². The Bertz CT molecular complexity index is 199. The lowest BCUT2D eigenvalue weighted by Gasteiger charge is -2.41. The van der Waals surface area contributed by atoms with Gasteiger partial charge in [-0.3, -0.25) is 0 Å². The maximum Gasteiger partial charge on any atom is 0.0460 e. The second kappa shape index (κ2) is 6.02. The molecule has 2 atom stereocenters. The molecule has 94 valence electrons. The Morgan fingerprint density at radius 3 is 2.44 bits per heavy atom. The van der Waals surface area contributed by atoms with E-state index >= 15 is 0 Å². The van der Waals surface area contributed by atoms with E-state index < -0.39 is 0 Å². The molecular formula is C14H27NO. The van der Waals surface area contributed by atoms with Gasteiger partial charge >= 0.3 is 0 Å². The molecule has 1 aliphatic carbocycles. The molecule has 0 aromatic heterocycles. The molecule has 1 heterocycles. The number of piperidine rings is 1. The molecule has 1 N–H and O–H groups in total. The molecule has 2 heteroatoms. The van der Waals surface area contributed by atoms with Gasteiger partial charge < -0.3 is 10.0 Å². The Kier molecular flexibility index (Phi) is 4.66. The lowest BCUT2D eigenvalue weighted by atomic mass is 9.82. The summed E-state index contributed by atoms with van der Waals surface area (Å²) in [4.78, 5) is 2.70. The van der Waals surface area contributed by atoms with Gasteiger partial charge in [-0.2, -0.15) is 0 Å². The van der Waals surface area contributed by atoms with Crippen LogP contribution < -0.4 is 0 Å². The largest absolute Gasteiger partial charge is 0.396 e. The van der Waals surface area contributed by atoms with Gasteiger partial charge in [-0.1, -0.05) is 26.2 Å². The Labute approximate surface area is 100 Å². The Hall–Kier alpha value is -0.0800. The molecule has 0 radical (unpaired) electrons. The fraction of sp³-hybridized carbons (Fsp3) is 1.00. The third-order valence-corrected chi connectivity index (χ3v) is 4.76.